The molecule has 1 aliphatic heterocycles. The normalized spacial score (nSPS) is 21.2. The van der Waals surface area contributed by atoms with E-state index in [1.807, 2.05) is 18.2 Å². The predicted octanol–water partition coefficient (Wildman–Crippen LogP) is 1.32. The predicted molar refractivity (Wildman–Crippen MR) is 86.0 cm³/mol. The summed E-state index contributed by atoms with van der Waals surface area (Å²) in [7, 11) is -3.13. The summed E-state index contributed by atoms with van der Waals surface area (Å²) < 4.78 is 35.6. The van der Waals surface area contributed by atoms with E-state index in [2.05, 4.69) is 16.5 Å². The van der Waals surface area contributed by atoms with Crippen molar-refractivity contribution in [3.8, 4) is 0 Å². The van der Waals surface area contributed by atoms with Crippen molar-refractivity contribution in [3.05, 3.63) is 29.7 Å². The second kappa shape index (κ2) is 7.92. The zero-order valence-corrected chi connectivity index (χ0v) is 13.9. The number of rotatable bonds is 7. The van der Waals surface area contributed by atoms with Crippen LogP contribution in [-0.4, -0.2) is 58.5 Å². The first-order chi connectivity index (χ1) is 10.4. The maximum absolute atomic E-state index is 11.1. The molecule has 0 amide bonds. The van der Waals surface area contributed by atoms with Crippen LogP contribution in [0.25, 0.3) is 6.08 Å². The standard InChI is InChI=1S/C15H24N2O4S/c1-13(10-14-4-3-8-20-14)11-17-7-9-21-15(12-17)5-6-16-22(2,18)19/h3-4,8,10,15-16H,5-7,9,11-12H2,1-2H3/b13-10+. The van der Waals surface area contributed by atoms with E-state index in [1.165, 1.54) is 11.8 Å². The zero-order valence-electron chi connectivity index (χ0n) is 13.1. The molecule has 2 heterocycles. The van der Waals surface area contributed by atoms with E-state index < -0.39 is 10.0 Å². The van der Waals surface area contributed by atoms with Crippen molar-refractivity contribution in [2.45, 2.75) is 19.4 Å². The first-order valence-corrected chi connectivity index (χ1v) is 9.31. The third-order valence-corrected chi connectivity index (χ3v) is 4.19. The number of nitrogens with zero attached hydrogens (tertiary/aromatic N) is 1. The highest BCUT2D eigenvalue weighted by atomic mass is 32.2. The fraction of sp³-hybridized carbons (Fsp3) is 0.600. The lowest BCUT2D eigenvalue weighted by molar-refractivity contribution is -0.0279. The van der Waals surface area contributed by atoms with E-state index in [0.717, 1.165) is 25.4 Å². The van der Waals surface area contributed by atoms with Crippen molar-refractivity contribution in [3.63, 3.8) is 0 Å². The van der Waals surface area contributed by atoms with Gasteiger partial charge in [0.1, 0.15) is 5.76 Å². The lowest BCUT2D eigenvalue weighted by Crippen LogP contribution is -2.44. The molecule has 22 heavy (non-hydrogen) atoms. The van der Waals surface area contributed by atoms with Crippen LogP contribution >= 0.6 is 0 Å². The van der Waals surface area contributed by atoms with Crippen molar-refractivity contribution >= 4 is 16.1 Å². The van der Waals surface area contributed by atoms with E-state index in [1.54, 1.807) is 6.26 Å². The van der Waals surface area contributed by atoms with Gasteiger partial charge in [0.05, 0.1) is 25.2 Å². The van der Waals surface area contributed by atoms with Gasteiger partial charge in [-0.05, 0) is 31.6 Å². The molecule has 1 N–H and O–H groups in total. The molecule has 1 atom stereocenters. The third-order valence-electron chi connectivity index (χ3n) is 3.46. The van der Waals surface area contributed by atoms with Gasteiger partial charge in [0, 0.05) is 26.2 Å². The molecule has 1 fully saturated rings. The Morgan fingerprint density at radius 3 is 3.05 bits per heavy atom. The Hall–Kier alpha value is -1.15. The number of hydrogen-bond donors (Lipinski definition) is 1. The summed E-state index contributed by atoms with van der Waals surface area (Å²) in [5.74, 6) is 0.861. The van der Waals surface area contributed by atoms with Crippen LogP contribution in [0.15, 0.2) is 28.4 Å². The van der Waals surface area contributed by atoms with Crippen LogP contribution in [0.3, 0.4) is 0 Å². The number of ether oxygens (including phenoxy) is 1. The first-order valence-electron chi connectivity index (χ1n) is 7.41. The molecule has 7 heteroatoms. The molecule has 1 saturated heterocycles. The third kappa shape index (κ3) is 6.31. The highest BCUT2D eigenvalue weighted by Crippen LogP contribution is 2.13. The number of nitrogens with one attached hydrogen (secondary N) is 1. The fourth-order valence-electron chi connectivity index (χ4n) is 2.52. The molecule has 0 aromatic carbocycles. The van der Waals surface area contributed by atoms with E-state index in [0.29, 0.717) is 19.6 Å². The van der Waals surface area contributed by atoms with Gasteiger partial charge in [0.15, 0.2) is 0 Å². The van der Waals surface area contributed by atoms with Gasteiger partial charge < -0.3 is 9.15 Å². The van der Waals surface area contributed by atoms with Crippen molar-refractivity contribution in [1.29, 1.82) is 0 Å². The van der Waals surface area contributed by atoms with E-state index in [4.69, 9.17) is 9.15 Å². The number of furan rings is 1. The van der Waals surface area contributed by atoms with Crippen LogP contribution in [0.5, 0.6) is 0 Å². The fourth-order valence-corrected chi connectivity index (χ4v) is 3.01. The maximum Gasteiger partial charge on any atom is 0.208 e. The topological polar surface area (TPSA) is 71.8 Å². The molecule has 0 spiro atoms. The summed E-state index contributed by atoms with van der Waals surface area (Å²) >= 11 is 0. The van der Waals surface area contributed by atoms with Gasteiger partial charge in [0.2, 0.25) is 10.0 Å². The summed E-state index contributed by atoms with van der Waals surface area (Å²) in [4.78, 5) is 2.32. The Labute approximate surface area is 132 Å². The molecule has 1 aromatic rings. The van der Waals surface area contributed by atoms with Crippen molar-refractivity contribution in [1.82, 2.24) is 9.62 Å². The van der Waals surface area contributed by atoms with Crippen LogP contribution in [0.4, 0.5) is 0 Å². The molecule has 1 aromatic heterocycles. The summed E-state index contributed by atoms with van der Waals surface area (Å²) in [5, 5.41) is 0. The Balaban J connectivity index is 1.78. The van der Waals surface area contributed by atoms with Gasteiger partial charge in [-0.2, -0.15) is 0 Å². The van der Waals surface area contributed by atoms with Crippen molar-refractivity contribution in [2.24, 2.45) is 0 Å². The van der Waals surface area contributed by atoms with Gasteiger partial charge in [0.25, 0.3) is 0 Å². The molecular formula is C15H24N2O4S. The Morgan fingerprint density at radius 1 is 1.55 bits per heavy atom. The second-order valence-corrected chi connectivity index (χ2v) is 7.52. The minimum Gasteiger partial charge on any atom is -0.465 e. The molecule has 6 nitrogen and oxygen atoms in total. The van der Waals surface area contributed by atoms with Crippen LogP contribution in [0.1, 0.15) is 19.1 Å². The second-order valence-electron chi connectivity index (χ2n) is 5.69. The van der Waals surface area contributed by atoms with Gasteiger partial charge in [-0.25, -0.2) is 13.1 Å². The van der Waals surface area contributed by atoms with E-state index in [-0.39, 0.29) is 6.10 Å². The highest BCUT2D eigenvalue weighted by molar-refractivity contribution is 7.88. The van der Waals surface area contributed by atoms with E-state index in [9.17, 15) is 8.42 Å². The first kappa shape index (κ1) is 17.2. The molecule has 0 saturated carbocycles. The summed E-state index contributed by atoms with van der Waals surface area (Å²) in [6.07, 6.45) is 5.63. The van der Waals surface area contributed by atoms with Crippen LogP contribution in [-0.2, 0) is 14.8 Å². The van der Waals surface area contributed by atoms with Crippen LogP contribution in [0.2, 0.25) is 0 Å². The molecule has 0 bridgehead atoms. The van der Waals surface area contributed by atoms with Crippen LogP contribution < -0.4 is 4.72 Å². The minimum absolute atomic E-state index is 0.0689. The zero-order chi connectivity index (χ0) is 16.0. The molecule has 1 unspecified atom stereocenters. The molecule has 0 radical (unpaired) electrons. The van der Waals surface area contributed by atoms with Gasteiger partial charge in [-0.3, -0.25) is 4.90 Å². The minimum atomic E-state index is -3.13. The summed E-state index contributed by atoms with van der Waals surface area (Å²) in [5.41, 5.74) is 1.23. The average molecular weight is 328 g/mol. The Morgan fingerprint density at radius 2 is 2.36 bits per heavy atom. The lowest BCUT2D eigenvalue weighted by Gasteiger charge is -2.33. The van der Waals surface area contributed by atoms with Gasteiger partial charge in [-0.1, -0.05) is 5.57 Å². The number of morpholine rings is 1. The quantitative estimate of drug-likeness (QED) is 0.817. The Kier molecular flexibility index (Phi) is 6.19. The molecule has 1 aliphatic rings. The maximum atomic E-state index is 11.1. The summed E-state index contributed by atoms with van der Waals surface area (Å²) in [6, 6.07) is 3.81. The Bertz CT molecular complexity index is 581. The van der Waals surface area contributed by atoms with Gasteiger partial charge in [-0.15, -0.1) is 0 Å². The summed E-state index contributed by atoms with van der Waals surface area (Å²) in [6.45, 7) is 5.74. The molecule has 2 rings (SSSR count). The monoisotopic (exact) mass is 328 g/mol. The van der Waals surface area contributed by atoms with Gasteiger partial charge >= 0.3 is 0 Å². The number of sulfonamides is 1. The lowest BCUT2D eigenvalue weighted by atomic mass is 10.1. The van der Waals surface area contributed by atoms with Crippen molar-refractivity contribution < 1.29 is 17.6 Å². The van der Waals surface area contributed by atoms with Crippen molar-refractivity contribution in [2.75, 3.05) is 39.0 Å². The van der Waals surface area contributed by atoms with Crippen LogP contribution in [0, 0.1) is 0 Å². The molecule has 0 aliphatic carbocycles. The smallest absolute Gasteiger partial charge is 0.208 e. The average Bonchev–Trinajstić information content (AvgIpc) is 2.90. The highest BCUT2D eigenvalue weighted by Gasteiger charge is 2.20. The SMILES string of the molecule is C/C(=C\c1ccco1)CN1CCOC(CCNS(C)(=O)=O)C1. The molecular weight excluding hydrogens is 304 g/mol. The van der Waals surface area contributed by atoms with E-state index >= 15 is 0 Å². The largest absolute Gasteiger partial charge is 0.465 e. The molecule has 124 valence electrons. The number of hydrogen-bond acceptors (Lipinski definition) is 5.